The Morgan fingerprint density at radius 2 is 0.511 bits per heavy atom. The summed E-state index contributed by atoms with van der Waals surface area (Å²) < 4.78 is 68.5. The zero-order valence-corrected chi connectivity index (χ0v) is 63.1. The fourth-order valence-corrected chi connectivity index (χ4v) is 13.0. The van der Waals surface area contributed by atoms with E-state index < -0.39 is 97.5 Å². The Morgan fingerprint density at radius 3 is 0.755 bits per heavy atom. The van der Waals surface area contributed by atoms with Crippen molar-refractivity contribution >= 4 is 39.5 Å². The summed E-state index contributed by atoms with van der Waals surface area (Å²) in [5.74, 6) is -0.503. The van der Waals surface area contributed by atoms with Crippen molar-refractivity contribution in [3.05, 3.63) is 0 Å². The summed E-state index contributed by atoms with van der Waals surface area (Å²) in [6, 6.07) is 0. The average molecular weight is 1380 g/mol. The van der Waals surface area contributed by atoms with E-state index >= 15 is 0 Å². The quantitative estimate of drug-likeness (QED) is 0.0222. The number of esters is 4. The molecule has 0 rings (SSSR count). The van der Waals surface area contributed by atoms with Gasteiger partial charge in [-0.3, -0.25) is 37.3 Å². The van der Waals surface area contributed by atoms with Crippen molar-refractivity contribution in [2.24, 2.45) is 11.8 Å². The Morgan fingerprint density at radius 1 is 0.298 bits per heavy atom. The highest BCUT2D eigenvalue weighted by atomic mass is 31.2. The monoisotopic (exact) mass is 1380 g/mol. The van der Waals surface area contributed by atoms with Crippen molar-refractivity contribution in [1.29, 1.82) is 0 Å². The van der Waals surface area contributed by atoms with E-state index in [-0.39, 0.29) is 25.7 Å². The fraction of sp³-hybridized carbons (Fsp3) is 0.947. The molecule has 0 aromatic heterocycles. The summed E-state index contributed by atoms with van der Waals surface area (Å²) in [5.41, 5.74) is 0. The molecule has 4 unspecified atom stereocenters. The number of phosphoric ester groups is 2. The van der Waals surface area contributed by atoms with Crippen LogP contribution in [0.15, 0.2) is 0 Å². The number of hydrogen-bond donors (Lipinski definition) is 3. The van der Waals surface area contributed by atoms with Crippen molar-refractivity contribution in [1.82, 2.24) is 0 Å². The Balaban J connectivity index is 5.26. The van der Waals surface area contributed by atoms with Crippen LogP contribution in [0.2, 0.25) is 0 Å². The predicted octanol–water partition coefficient (Wildman–Crippen LogP) is 21.9. The van der Waals surface area contributed by atoms with Crippen LogP contribution in [0.3, 0.4) is 0 Å². The Labute approximate surface area is 575 Å². The summed E-state index contributed by atoms with van der Waals surface area (Å²) >= 11 is 0. The SMILES string of the molecule is CCCCCCCCCCCCCCCCCCC(=O)O[C@H](COC(=O)CCCCCCCCCCCCC(C)CC)COP(=O)(O)OC[C@@H](O)COP(=O)(O)OC[C@@H](COC(=O)CCCCCCCCCCCC)OC(=O)CCCCCCCCCCCCC(C)CC. The Hall–Kier alpha value is -1.94. The van der Waals surface area contributed by atoms with E-state index in [0.717, 1.165) is 102 Å². The van der Waals surface area contributed by atoms with Gasteiger partial charge in [-0.25, -0.2) is 9.13 Å². The van der Waals surface area contributed by atoms with Crippen LogP contribution >= 0.6 is 15.6 Å². The van der Waals surface area contributed by atoms with Crippen molar-refractivity contribution in [2.45, 2.75) is 407 Å². The van der Waals surface area contributed by atoms with Gasteiger partial charge in [0.05, 0.1) is 26.4 Å². The largest absolute Gasteiger partial charge is 0.472 e. The molecule has 0 amide bonds. The number of carbonyl (C=O) groups excluding carboxylic acids is 4. The molecule has 0 spiro atoms. The molecule has 0 aliphatic rings. The van der Waals surface area contributed by atoms with Crippen LogP contribution in [-0.2, 0) is 65.4 Å². The van der Waals surface area contributed by atoms with Gasteiger partial charge < -0.3 is 33.8 Å². The first-order valence-electron chi connectivity index (χ1n) is 39.1. The number of aliphatic hydroxyl groups excluding tert-OH is 1. The fourth-order valence-electron chi connectivity index (χ4n) is 11.4. The summed E-state index contributed by atoms with van der Waals surface area (Å²) in [6.07, 6.45) is 53.8. The summed E-state index contributed by atoms with van der Waals surface area (Å²) in [7, 11) is -9.91. The van der Waals surface area contributed by atoms with Crippen molar-refractivity contribution in [2.75, 3.05) is 39.6 Å². The average Bonchev–Trinajstić information content (AvgIpc) is 2.19. The summed E-state index contributed by atoms with van der Waals surface area (Å²) in [4.78, 5) is 72.8. The molecule has 3 N–H and O–H groups in total. The minimum atomic E-state index is -4.96. The zero-order valence-electron chi connectivity index (χ0n) is 61.3. The van der Waals surface area contributed by atoms with Gasteiger partial charge in [-0.05, 0) is 37.5 Å². The molecule has 17 nitrogen and oxygen atoms in total. The molecule has 0 aliphatic heterocycles. The number of carbonyl (C=O) groups is 4. The third-order valence-corrected chi connectivity index (χ3v) is 20.1. The van der Waals surface area contributed by atoms with E-state index in [1.807, 2.05) is 0 Å². The van der Waals surface area contributed by atoms with Gasteiger partial charge in [0.25, 0.3) is 0 Å². The predicted molar refractivity (Wildman–Crippen MR) is 381 cm³/mol. The third-order valence-electron chi connectivity index (χ3n) is 18.2. The van der Waals surface area contributed by atoms with Gasteiger partial charge in [0.1, 0.15) is 19.3 Å². The van der Waals surface area contributed by atoms with E-state index in [0.29, 0.717) is 25.7 Å². The van der Waals surface area contributed by atoms with Crippen LogP contribution in [0.1, 0.15) is 388 Å². The molecule has 19 heteroatoms. The molecule has 0 radical (unpaired) electrons. The van der Waals surface area contributed by atoms with Gasteiger partial charge in [0.2, 0.25) is 0 Å². The van der Waals surface area contributed by atoms with E-state index in [1.165, 1.54) is 205 Å². The molecule has 0 saturated heterocycles. The lowest BCUT2D eigenvalue weighted by Gasteiger charge is -2.21. The van der Waals surface area contributed by atoms with Crippen LogP contribution < -0.4 is 0 Å². The molecule has 0 aromatic carbocycles. The molecule has 0 heterocycles. The standard InChI is InChI=1S/C75H146O17P2/c1-7-11-13-15-17-19-21-22-23-24-25-26-35-41-47-53-59-74(79)91-71(64-86-73(78)58-52-46-40-34-29-27-31-37-43-49-55-67(5)9-3)66-90-94(83,84)88-62-69(76)61-87-93(81,82)89-65-70(63-85-72(77)57-51-45-39-33-20-18-16-14-12-8-2)92-75(80)60-54-48-42-36-30-28-32-38-44-50-56-68(6)10-4/h67-71,76H,7-66H2,1-6H3,(H,81,82)(H,83,84)/t67?,68?,69-,70+,71+/m0/s1. The second-order valence-corrected chi connectivity index (χ2v) is 30.4. The first-order chi connectivity index (χ1) is 45.4. The Bertz CT molecular complexity index is 1820. The minimum Gasteiger partial charge on any atom is -0.462 e. The van der Waals surface area contributed by atoms with E-state index in [4.69, 9.17) is 37.0 Å². The number of rotatable bonds is 74. The van der Waals surface area contributed by atoms with Crippen LogP contribution in [0.4, 0.5) is 0 Å². The van der Waals surface area contributed by atoms with Crippen molar-refractivity contribution in [3.63, 3.8) is 0 Å². The van der Waals surface area contributed by atoms with Crippen LogP contribution in [-0.4, -0.2) is 96.7 Å². The number of hydrogen-bond acceptors (Lipinski definition) is 15. The minimum absolute atomic E-state index is 0.106. The zero-order chi connectivity index (χ0) is 69.3. The molecule has 558 valence electrons. The third kappa shape index (κ3) is 66.0. The summed E-state index contributed by atoms with van der Waals surface area (Å²) in [6.45, 7) is 9.64. The molecule has 0 fully saturated rings. The van der Waals surface area contributed by atoms with Gasteiger partial charge in [-0.1, -0.05) is 337 Å². The second-order valence-electron chi connectivity index (χ2n) is 27.5. The number of ether oxygens (including phenoxy) is 4. The van der Waals surface area contributed by atoms with Gasteiger partial charge in [-0.2, -0.15) is 0 Å². The smallest absolute Gasteiger partial charge is 0.462 e. The lowest BCUT2D eigenvalue weighted by atomic mass is 9.99. The normalized spacial score (nSPS) is 14.6. The van der Waals surface area contributed by atoms with E-state index in [2.05, 4.69) is 41.5 Å². The van der Waals surface area contributed by atoms with Gasteiger partial charge in [-0.15, -0.1) is 0 Å². The highest BCUT2D eigenvalue weighted by molar-refractivity contribution is 7.47. The van der Waals surface area contributed by atoms with Crippen molar-refractivity contribution < 1.29 is 80.2 Å². The maximum Gasteiger partial charge on any atom is 0.472 e. The topological polar surface area (TPSA) is 237 Å². The maximum absolute atomic E-state index is 13.1. The lowest BCUT2D eigenvalue weighted by molar-refractivity contribution is -0.161. The molecule has 0 aromatic rings. The molecular formula is C75H146O17P2. The summed E-state index contributed by atoms with van der Waals surface area (Å²) in [5, 5.41) is 10.6. The Kier molecular flexibility index (Phi) is 65.5. The highest BCUT2D eigenvalue weighted by Crippen LogP contribution is 2.45. The number of phosphoric acid groups is 2. The molecule has 94 heavy (non-hydrogen) atoms. The van der Waals surface area contributed by atoms with Crippen molar-refractivity contribution in [3.8, 4) is 0 Å². The van der Waals surface area contributed by atoms with Gasteiger partial charge in [0, 0.05) is 25.7 Å². The first kappa shape index (κ1) is 92.1. The highest BCUT2D eigenvalue weighted by Gasteiger charge is 2.30. The lowest BCUT2D eigenvalue weighted by Crippen LogP contribution is -2.30. The molecule has 7 atom stereocenters. The molecule has 0 saturated carbocycles. The van der Waals surface area contributed by atoms with Crippen LogP contribution in [0.5, 0.6) is 0 Å². The molecular weight excluding hydrogens is 1230 g/mol. The number of aliphatic hydroxyl groups is 1. The van der Waals surface area contributed by atoms with Crippen LogP contribution in [0, 0.1) is 11.8 Å². The molecule has 0 aliphatic carbocycles. The van der Waals surface area contributed by atoms with E-state index in [9.17, 15) is 43.2 Å². The van der Waals surface area contributed by atoms with Gasteiger partial charge >= 0.3 is 39.5 Å². The second kappa shape index (κ2) is 66.9. The van der Waals surface area contributed by atoms with Gasteiger partial charge in [0.15, 0.2) is 12.2 Å². The number of unbranched alkanes of at least 4 members (excludes halogenated alkanes) is 42. The van der Waals surface area contributed by atoms with E-state index in [1.54, 1.807) is 0 Å². The molecule has 0 bridgehead atoms. The first-order valence-corrected chi connectivity index (χ1v) is 42.1. The maximum atomic E-state index is 13.1. The van der Waals surface area contributed by atoms with Crippen LogP contribution in [0.25, 0.3) is 0 Å².